The average molecular weight is 493 g/mol. The van der Waals surface area contributed by atoms with E-state index in [-0.39, 0.29) is 23.9 Å². The van der Waals surface area contributed by atoms with E-state index in [0.29, 0.717) is 39.3 Å². The van der Waals surface area contributed by atoms with Crippen LogP contribution in [0.3, 0.4) is 0 Å². The van der Waals surface area contributed by atoms with E-state index in [1.165, 1.54) is 35.6 Å². The van der Waals surface area contributed by atoms with Crippen molar-refractivity contribution in [1.82, 2.24) is 4.90 Å². The number of carbonyl (C=O) groups excluding carboxylic acids is 1. The van der Waals surface area contributed by atoms with Crippen LogP contribution >= 0.6 is 11.8 Å². The highest BCUT2D eigenvalue weighted by molar-refractivity contribution is 8.18. The van der Waals surface area contributed by atoms with Gasteiger partial charge in [0.05, 0.1) is 35.5 Å². The number of furan rings is 1. The molecule has 0 bridgehead atoms. The largest absolute Gasteiger partial charge is 0.504 e. The van der Waals surface area contributed by atoms with Crippen molar-refractivity contribution in [1.29, 1.82) is 0 Å². The molecule has 1 N–H and O–H groups in total. The summed E-state index contributed by atoms with van der Waals surface area (Å²) in [5, 5.41) is 29.4. The second kappa shape index (κ2) is 10.7. The van der Waals surface area contributed by atoms with Gasteiger partial charge in [-0.1, -0.05) is 0 Å². The van der Waals surface area contributed by atoms with Crippen molar-refractivity contribution in [3.63, 3.8) is 0 Å². The molecule has 1 aliphatic heterocycles. The molecule has 1 fully saturated rings. The number of hydrogen-bond donors (Lipinski definition) is 1. The summed E-state index contributed by atoms with van der Waals surface area (Å²) in [5.74, 6) is 0.647. The topological polar surface area (TPSA) is 131 Å². The zero-order valence-corrected chi connectivity index (χ0v) is 19.3. The first-order chi connectivity index (χ1) is 16.9. The van der Waals surface area contributed by atoms with Gasteiger partial charge in [0.2, 0.25) is 0 Å². The van der Waals surface area contributed by atoms with Crippen molar-refractivity contribution in [2.24, 2.45) is 10.2 Å². The molecule has 2 heterocycles. The zero-order valence-electron chi connectivity index (χ0n) is 18.5. The number of nitro groups is 1. The van der Waals surface area contributed by atoms with Crippen molar-refractivity contribution in [2.45, 2.75) is 13.5 Å². The molecule has 0 atom stereocenters. The number of aromatic hydroxyl groups is 1. The number of carbonyl (C=O) groups is 1. The Morgan fingerprint density at radius 1 is 1.20 bits per heavy atom. The van der Waals surface area contributed by atoms with Gasteiger partial charge < -0.3 is 14.3 Å². The lowest BCUT2D eigenvalue weighted by atomic mass is 10.2. The molecule has 2 aromatic carbocycles. The van der Waals surface area contributed by atoms with E-state index in [1.807, 2.05) is 6.92 Å². The highest BCUT2D eigenvalue weighted by Crippen LogP contribution is 2.34. The minimum Gasteiger partial charge on any atom is -0.504 e. The van der Waals surface area contributed by atoms with Gasteiger partial charge in [0.25, 0.3) is 11.6 Å². The maximum absolute atomic E-state index is 13.1. The predicted molar refractivity (Wildman–Crippen MR) is 132 cm³/mol. The van der Waals surface area contributed by atoms with Crippen LogP contribution in [0.2, 0.25) is 0 Å². The summed E-state index contributed by atoms with van der Waals surface area (Å²) in [5.41, 5.74) is 1.26. The molecule has 1 amide bonds. The number of thioether (sulfide) groups is 1. The van der Waals surface area contributed by atoms with Gasteiger partial charge in [-0.25, -0.2) is 0 Å². The Balaban J connectivity index is 1.60. The molecule has 4 rings (SSSR count). The molecule has 10 nitrogen and oxygen atoms in total. The number of nitro benzene ring substituents is 1. The Bertz CT molecular complexity index is 1320. The van der Waals surface area contributed by atoms with Crippen molar-refractivity contribution in [3.8, 4) is 11.5 Å². The van der Waals surface area contributed by atoms with Gasteiger partial charge in [-0.3, -0.25) is 19.8 Å². The molecule has 1 aromatic heterocycles. The summed E-state index contributed by atoms with van der Waals surface area (Å²) in [6.07, 6.45) is 4.65. The van der Waals surface area contributed by atoms with Crippen LogP contribution in [0, 0.1) is 10.1 Å². The fraction of sp³-hybridized carbons (Fsp3) is 0.125. The lowest BCUT2D eigenvalue weighted by Gasteiger charge is -2.12. The maximum atomic E-state index is 13.1. The van der Waals surface area contributed by atoms with Crippen LogP contribution in [0.15, 0.2) is 80.4 Å². The quantitative estimate of drug-likeness (QED) is 0.207. The number of ether oxygens (including phenoxy) is 1. The van der Waals surface area contributed by atoms with Gasteiger partial charge in [-0.2, -0.15) is 5.10 Å². The van der Waals surface area contributed by atoms with Crippen molar-refractivity contribution in [3.05, 3.63) is 92.8 Å². The van der Waals surface area contributed by atoms with Crippen molar-refractivity contribution < 1.29 is 24.0 Å². The highest BCUT2D eigenvalue weighted by atomic mass is 32.2. The van der Waals surface area contributed by atoms with E-state index in [1.54, 1.807) is 42.5 Å². The number of rotatable bonds is 8. The lowest BCUT2D eigenvalue weighted by molar-refractivity contribution is -0.384. The summed E-state index contributed by atoms with van der Waals surface area (Å²) in [4.78, 5) is 25.4. The Hall–Kier alpha value is -4.38. The van der Waals surface area contributed by atoms with Gasteiger partial charge in [0.15, 0.2) is 16.7 Å². The molecule has 1 saturated heterocycles. The third-order valence-corrected chi connectivity index (χ3v) is 5.81. The van der Waals surface area contributed by atoms with E-state index in [4.69, 9.17) is 9.15 Å². The molecule has 3 aromatic rings. The summed E-state index contributed by atoms with van der Waals surface area (Å²) in [6.45, 7) is 2.38. The molecule has 0 saturated carbocycles. The van der Waals surface area contributed by atoms with E-state index in [9.17, 15) is 20.0 Å². The first-order valence-electron chi connectivity index (χ1n) is 10.5. The smallest absolute Gasteiger partial charge is 0.269 e. The standard InChI is InChI=1S/C24H20N4O6S/c1-2-33-21-12-17(7-10-20(21)29)14-25-26-24-27(15-19-4-3-11-34-19)23(30)22(35-24)13-16-5-8-18(9-6-16)28(31)32/h3-14,29H,2,15H2,1H3/b22-13-,25-14+,26-24-. The fourth-order valence-electron chi connectivity index (χ4n) is 3.15. The van der Waals surface area contributed by atoms with E-state index >= 15 is 0 Å². The summed E-state index contributed by atoms with van der Waals surface area (Å²) >= 11 is 1.14. The minimum atomic E-state index is -0.480. The number of non-ortho nitro benzene ring substituents is 1. The molecule has 1 aliphatic rings. The lowest BCUT2D eigenvalue weighted by Crippen LogP contribution is -2.28. The second-order valence-corrected chi connectivity index (χ2v) is 8.23. The predicted octanol–water partition coefficient (Wildman–Crippen LogP) is 4.80. The molecular formula is C24H20N4O6S. The van der Waals surface area contributed by atoms with Crippen molar-refractivity contribution in [2.75, 3.05) is 6.61 Å². The number of amidine groups is 1. The summed E-state index contributed by atoms with van der Waals surface area (Å²) in [7, 11) is 0. The zero-order chi connectivity index (χ0) is 24.8. The second-order valence-electron chi connectivity index (χ2n) is 7.22. The normalized spacial score (nSPS) is 16.0. The van der Waals surface area contributed by atoms with E-state index in [2.05, 4.69) is 10.2 Å². The molecule has 0 radical (unpaired) electrons. The maximum Gasteiger partial charge on any atom is 0.269 e. The van der Waals surface area contributed by atoms with Crippen molar-refractivity contribution >= 4 is 40.8 Å². The number of nitrogens with zero attached hydrogens (tertiary/aromatic N) is 4. The SMILES string of the molecule is CCOc1cc(/C=N/N=C2\S/C(=C\c3ccc([N+](=O)[O-])cc3)C(=O)N2Cc2ccco2)ccc1O. The van der Waals surface area contributed by atoms with Gasteiger partial charge in [0.1, 0.15) is 5.76 Å². The number of amides is 1. The van der Waals surface area contributed by atoms with E-state index < -0.39 is 4.92 Å². The Morgan fingerprint density at radius 3 is 2.66 bits per heavy atom. The van der Waals surface area contributed by atoms with Crippen LogP contribution in [0.4, 0.5) is 5.69 Å². The molecule has 35 heavy (non-hydrogen) atoms. The Kier molecular flexibility index (Phi) is 7.27. The van der Waals surface area contributed by atoms with E-state index in [0.717, 1.165) is 11.8 Å². The number of hydrogen-bond acceptors (Lipinski definition) is 9. The fourth-order valence-corrected chi connectivity index (χ4v) is 4.09. The molecule has 178 valence electrons. The van der Waals surface area contributed by atoms with Crippen LogP contribution < -0.4 is 4.74 Å². The monoisotopic (exact) mass is 492 g/mol. The Morgan fingerprint density at radius 2 is 1.97 bits per heavy atom. The first kappa shape index (κ1) is 23.8. The van der Waals surface area contributed by atoms with Crippen LogP contribution in [0.25, 0.3) is 6.08 Å². The molecule has 0 aliphatic carbocycles. The number of phenolic OH excluding ortho intramolecular Hbond substituents is 1. The third-order valence-electron chi connectivity index (χ3n) is 4.82. The summed E-state index contributed by atoms with van der Waals surface area (Å²) < 4.78 is 10.8. The number of phenols is 1. The number of benzene rings is 2. The minimum absolute atomic E-state index is 0.0258. The van der Waals surface area contributed by atoms with Gasteiger partial charge in [0, 0.05) is 12.1 Å². The van der Waals surface area contributed by atoms with Gasteiger partial charge in [-0.05, 0) is 78.4 Å². The molecule has 0 spiro atoms. The van der Waals surface area contributed by atoms with Crippen LogP contribution in [-0.2, 0) is 11.3 Å². The van der Waals surface area contributed by atoms with Crippen LogP contribution in [-0.4, -0.2) is 38.8 Å². The summed E-state index contributed by atoms with van der Waals surface area (Å²) in [6, 6.07) is 14.2. The van der Waals surface area contributed by atoms with Gasteiger partial charge in [-0.15, -0.1) is 5.10 Å². The Labute approximate surface area is 204 Å². The van der Waals surface area contributed by atoms with Crippen LogP contribution in [0.1, 0.15) is 23.8 Å². The third kappa shape index (κ3) is 5.76. The molecular weight excluding hydrogens is 472 g/mol. The molecule has 0 unspecified atom stereocenters. The average Bonchev–Trinajstić information content (AvgIpc) is 3.46. The molecule has 11 heteroatoms. The van der Waals surface area contributed by atoms with Crippen LogP contribution in [0.5, 0.6) is 11.5 Å². The highest BCUT2D eigenvalue weighted by Gasteiger charge is 2.34. The van der Waals surface area contributed by atoms with Gasteiger partial charge >= 0.3 is 0 Å². The first-order valence-corrected chi connectivity index (χ1v) is 11.3.